The van der Waals surface area contributed by atoms with Gasteiger partial charge in [0, 0.05) is 12.7 Å². The maximum atomic E-state index is 5.39. The van der Waals surface area contributed by atoms with Gasteiger partial charge in [0.05, 0.1) is 0 Å². The Morgan fingerprint density at radius 1 is 1.73 bits per heavy atom. The third-order valence-electron chi connectivity index (χ3n) is 1.58. The van der Waals surface area contributed by atoms with Crippen LogP contribution in [0, 0.1) is 0 Å². The maximum Gasteiger partial charge on any atom is 0.128 e. The highest BCUT2D eigenvalue weighted by molar-refractivity contribution is 9.10. The summed E-state index contributed by atoms with van der Waals surface area (Å²) in [4.78, 5) is 0. The van der Waals surface area contributed by atoms with Crippen LogP contribution >= 0.6 is 15.9 Å². The predicted octanol–water partition coefficient (Wildman–Crippen LogP) is 1.07. The third-order valence-corrected chi connectivity index (χ3v) is 1.97. The topological polar surface area (TPSA) is 43.8 Å². The van der Waals surface area contributed by atoms with Crippen LogP contribution in [-0.2, 0) is 13.5 Å². The summed E-state index contributed by atoms with van der Waals surface area (Å²) in [5.41, 5.74) is 6.62. The summed E-state index contributed by atoms with van der Waals surface area (Å²) >= 11 is 3.31. The Bertz CT molecular complexity index is 232. The molecule has 0 amide bonds. The molecule has 1 heterocycles. The van der Waals surface area contributed by atoms with Gasteiger partial charge in [-0.1, -0.05) is 0 Å². The van der Waals surface area contributed by atoms with Crippen LogP contribution in [-0.4, -0.2) is 16.3 Å². The molecule has 4 heteroatoms. The first-order valence-corrected chi connectivity index (χ1v) is 4.42. The molecule has 1 aromatic rings. The van der Waals surface area contributed by atoms with Crippen molar-refractivity contribution < 1.29 is 0 Å². The average Bonchev–Trinajstić information content (AvgIpc) is 2.26. The normalized spacial score (nSPS) is 10.5. The van der Waals surface area contributed by atoms with Crippen molar-refractivity contribution in [2.24, 2.45) is 12.8 Å². The van der Waals surface area contributed by atoms with Gasteiger partial charge in [0.25, 0.3) is 0 Å². The van der Waals surface area contributed by atoms with Crippen LogP contribution in [0.2, 0.25) is 0 Å². The first-order valence-electron chi connectivity index (χ1n) is 3.62. The van der Waals surface area contributed by atoms with Crippen molar-refractivity contribution >= 4 is 15.9 Å². The van der Waals surface area contributed by atoms with Gasteiger partial charge in [-0.05, 0) is 41.4 Å². The molecule has 1 aromatic heterocycles. The number of hydrogen-bond acceptors (Lipinski definition) is 2. The molecule has 1 rings (SSSR count). The number of aromatic nitrogens is 2. The largest absolute Gasteiger partial charge is 0.330 e. The number of nitrogens with zero attached hydrogens (tertiary/aromatic N) is 2. The lowest BCUT2D eigenvalue weighted by molar-refractivity contribution is 0.683. The standard InChI is InChI=1S/C7H12BrN3/c1-11-6(3-2-4-9)5-7(8)10-11/h5H,2-4,9H2,1H3. The number of nitrogens with two attached hydrogens (primary N) is 1. The molecular weight excluding hydrogens is 206 g/mol. The van der Waals surface area contributed by atoms with Crippen LogP contribution in [0.5, 0.6) is 0 Å². The molecule has 0 radical (unpaired) electrons. The average molecular weight is 218 g/mol. The molecule has 0 aromatic carbocycles. The Balaban J connectivity index is 2.62. The summed E-state index contributed by atoms with van der Waals surface area (Å²) in [5.74, 6) is 0. The van der Waals surface area contributed by atoms with E-state index in [1.165, 1.54) is 5.69 Å². The van der Waals surface area contributed by atoms with E-state index in [1.54, 1.807) is 0 Å². The van der Waals surface area contributed by atoms with Gasteiger partial charge in [-0.3, -0.25) is 4.68 Å². The molecule has 0 aliphatic carbocycles. The smallest absolute Gasteiger partial charge is 0.128 e. The summed E-state index contributed by atoms with van der Waals surface area (Å²) in [7, 11) is 1.94. The van der Waals surface area contributed by atoms with Crippen LogP contribution in [0.25, 0.3) is 0 Å². The molecule has 62 valence electrons. The lowest BCUT2D eigenvalue weighted by Gasteiger charge is -1.97. The number of halogens is 1. The van der Waals surface area contributed by atoms with Gasteiger partial charge in [0.1, 0.15) is 4.60 Å². The first-order chi connectivity index (χ1) is 5.24. The molecule has 0 atom stereocenters. The van der Waals surface area contributed by atoms with Crippen molar-refractivity contribution in [2.75, 3.05) is 6.54 Å². The van der Waals surface area contributed by atoms with E-state index in [0.29, 0.717) is 0 Å². The van der Waals surface area contributed by atoms with Gasteiger partial charge >= 0.3 is 0 Å². The van der Waals surface area contributed by atoms with Crippen LogP contribution < -0.4 is 5.73 Å². The Kier molecular flexibility index (Phi) is 3.08. The molecular formula is C7H12BrN3. The highest BCUT2D eigenvalue weighted by atomic mass is 79.9. The molecule has 11 heavy (non-hydrogen) atoms. The molecule has 0 bridgehead atoms. The van der Waals surface area contributed by atoms with Gasteiger partial charge in [-0.25, -0.2) is 0 Å². The predicted molar refractivity (Wildman–Crippen MR) is 48.3 cm³/mol. The Morgan fingerprint density at radius 2 is 2.45 bits per heavy atom. The van der Waals surface area contributed by atoms with Crippen LogP contribution in [0.4, 0.5) is 0 Å². The molecule has 0 unspecified atom stereocenters. The fraction of sp³-hybridized carbons (Fsp3) is 0.571. The zero-order chi connectivity index (χ0) is 8.27. The van der Waals surface area contributed by atoms with Gasteiger partial charge in [0.2, 0.25) is 0 Å². The van der Waals surface area contributed by atoms with E-state index in [4.69, 9.17) is 5.73 Å². The molecule has 0 saturated heterocycles. The second-order valence-corrected chi connectivity index (χ2v) is 3.29. The van der Waals surface area contributed by atoms with Crippen molar-refractivity contribution in [3.63, 3.8) is 0 Å². The van der Waals surface area contributed by atoms with Crippen LogP contribution in [0.3, 0.4) is 0 Å². The number of aryl methyl sites for hydroxylation is 2. The van der Waals surface area contributed by atoms with Crippen LogP contribution in [0.15, 0.2) is 10.7 Å². The molecule has 0 fully saturated rings. The zero-order valence-electron chi connectivity index (χ0n) is 6.55. The second kappa shape index (κ2) is 3.88. The van der Waals surface area contributed by atoms with E-state index < -0.39 is 0 Å². The van der Waals surface area contributed by atoms with Crippen molar-refractivity contribution in [2.45, 2.75) is 12.8 Å². The monoisotopic (exact) mass is 217 g/mol. The fourth-order valence-electron chi connectivity index (χ4n) is 0.984. The highest BCUT2D eigenvalue weighted by Gasteiger charge is 2.00. The SMILES string of the molecule is Cn1nc(Br)cc1CCCN. The first kappa shape index (κ1) is 8.74. The molecule has 2 N–H and O–H groups in total. The summed E-state index contributed by atoms with van der Waals surface area (Å²) in [6.45, 7) is 0.739. The summed E-state index contributed by atoms with van der Waals surface area (Å²) in [6, 6.07) is 2.02. The van der Waals surface area contributed by atoms with E-state index >= 15 is 0 Å². The quantitative estimate of drug-likeness (QED) is 0.824. The van der Waals surface area contributed by atoms with E-state index in [1.807, 2.05) is 17.8 Å². The Labute approximate surface area is 74.7 Å². The van der Waals surface area contributed by atoms with Crippen molar-refractivity contribution in [1.82, 2.24) is 9.78 Å². The molecule has 0 aliphatic rings. The minimum Gasteiger partial charge on any atom is -0.330 e. The van der Waals surface area contributed by atoms with E-state index in [-0.39, 0.29) is 0 Å². The lowest BCUT2D eigenvalue weighted by atomic mass is 10.2. The van der Waals surface area contributed by atoms with Gasteiger partial charge < -0.3 is 5.73 Å². The summed E-state index contributed by atoms with van der Waals surface area (Å²) in [5, 5.41) is 4.16. The maximum absolute atomic E-state index is 5.39. The molecule has 0 aliphatic heterocycles. The van der Waals surface area contributed by atoms with Crippen molar-refractivity contribution in [3.05, 3.63) is 16.4 Å². The van der Waals surface area contributed by atoms with E-state index in [9.17, 15) is 0 Å². The van der Waals surface area contributed by atoms with Gasteiger partial charge in [0.15, 0.2) is 0 Å². The minimum atomic E-state index is 0.739. The Morgan fingerprint density at radius 3 is 2.91 bits per heavy atom. The lowest BCUT2D eigenvalue weighted by Crippen LogP contribution is -2.03. The third kappa shape index (κ3) is 2.31. The van der Waals surface area contributed by atoms with Crippen molar-refractivity contribution in [3.8, 4) is 0 Å². The van der Waals surface area contributed by atoms with Gasteiger partial charge in [-0.2, -0.15) is 5.10 Å². The molecule has 0 saturated carbocycles. The van der Waals surface area contributed by atoms with Gasteiger partial charge in [-0.15, -0.1) is 0 Å². The van der Waals surface area contributed by atoms with E-state index in [0.717, 1.165) is 24.0 Å². The Hall–Kier alpha value is -0.350. The molecule has 0 spiro atoms. The van der Waals surface area contributed by atoms with Crippen molar-refractivity contribution in [1.29, 1.82) is 0 Å². The number of rotatable bonds is 3. The van der Waals surface area contributed by atoms with E-state index in [2.05, 4.69) is 21.0 Å². The second-order valence-electron chi connectivity index (χ2n) is 2.47. The zero-order valence-corrected chi connectivity index (χ0v) is 8.13. The number of hydrogen-bond donors (Lipinski definition) is 1. The van der Waals surface area contributed by atoms with Crippen LogP contribution in [0.1, 0.15) is 12.1 Å². The summed E-state index contributed by atoms with van der Waals surface area (Å²) in [6.07, 6.45) is 2.03. The highest BCUT2D eigenvalue weighted by Crippen LogP contribution is 2.10. The fourth-order valence-corrected chi connectivity index (χ4v) is 1.49. The molecule has 3 nitrogen and oxygen atoms in total. The minimum absolute atomic E-state index is 0.739. The summed E-state index contributed by atoms with van der Waals surface area (Å²) < 4.78 is 2.77.